The molecule has 1 amide bonds. The summed E-state index contributed by atoms with van der Waals surface area (Å²) in [7, 11) is 0. The van der Waals surface area contributed by atoms with Crippen molar-refractivity contribution in [3.63, 3.8) is 0 Å². The molecule has 0 aromatic rings. The van der Waals surface area contributed by atoms with Crippen LogP contribution >= 0.6 is 0 Å². The Bertz CT molecular complexity index is 234. The first kappa shape index (κ1) is 17.5. The lowest BCUT2D eigenvalue weighted by atomic mass is 10.1. The van der Waals surface area contributed by atoms with E-state index in [-0.39, 0.29) is 0 Å². The predicted octanol–water partition coefficient (Wildman–Crippen LogP) is 5.17. The van der Waals surface area contributed by atoms with Crippen LogP contribution in [0.15, 0.2) is 0 Å². The molecule has 1 aliphatic rings. The van der Waals surface area contributed by atoms with Crippen molar-refractivity contribution in [2.75, 3.05) is 13.1 Å². The van der Waals surface area contributed by atoms with Gasteiger partial charge in [0.15, 0.2) is 0 Å². The van der Waals surface area contributed by atoms with Gasteiger partial charge in [0.05, 0.1) is 0 Å². The highest BCUT2D eigenvalue weighted by Crippen LogP contribution is 2.27. The quantitative estimate of drug-likeness (QED) is 0.479. The van der Waals surface area contributed by atoms with Gasteiger partial charge in [-0.25, -0.2) is 0 Å². The molecule has 1 rings (SSSR count). The van der Waals surface area contributed by atoms with Crippen LogP contribution in [-0.2, 0) is 4.79 Å². The Morgan fingerprint density at radius 2 is 1.35 bits per heavy atom. The second kappa shape index (κ2) is 11.2. The summed E-state index contributed by atoms with van der Waals surface area (Å²) < 4.78 is 0. The van der Waals surface area contributed by atoms with Crippen LogP contribution in [0, 0.1) is 5.92 Å². The van der Waals surface area contributed by atoms with Gasteiger partial charge in [-0.15, -0.1) is 0 Å². The maximum absolute atomic E-state index is 12.6. The highest BCUT2D eigenvalue weighted by molar-refractivity contribution is 5.79. The smallest absolute Gasteiger partial charge is 0.225 e. The zero-order chi connectivity index (χ0) is 14.6. The number of hydrogen-bond acceptors (Lipinski definition) is 1. The Morgan fingerprint density at radius 1 is 0.850 bits per heavy atom. The average Bonchev–Trinajstić information content (AvgIpc) is 2.99. The second-order valence-corrected chi connectivity index (χ2v) is 6.43. The number of hydrogen-bond donors (Lipinski definition) is 0. The Kier molecular flexibility index (Phi) is 9.78. The Labute approximate surface area is 126 Å². The molecular weight excluding hydrogens is 246 g/mol. The molecule has 0 aromatic heterocycles. The summed E-state index contributed by atoms with van der Waals surface area (Å²) in [6.45, 7) is 6.49. The lowest BCUT2D eigenvalue weighted by molar-refractivity contribution is -0.135. The molecule has 0 radical (unpaired) electrons. The first-order valence-electron chi connectivity index (χ1n) is 9.08. The number of rotatable bonds is 11. The Balaban J connectivity index is 2.33. The van der Waals surface area contributed by atoms with E-state index in [1.807, 2.05) is 0 Å². The fraction of sp³-hybridized carbons (Fsp3) is 0.944. The third-order valence-corrected chi connectivity index (χ3v) is 4.58. The fourth-order valence-electron chi connectivity index (χ4n) is 3.22. The van der Waals surface area contributed by atoms with E-state index in [0.29, 0.717) is 11.8 Å². The van der Waals surface area contributed by atoms with Crippen molar-refractivity contribution >= 4 is 5.91 Å². The Hall–Kier alpha value is -0.530. The molecule has 0 aliphatic heterocycles. The second-order valence-electron chi connectivity index (χ2n) is 6.43. The lowest BCUT2D eigenvalue weighted by Crippen LogP contribution is -2.36. The van der Waals surface area contributed by atoms with Crippen LogP contribution in [0.2, 0.25) is 0 Å². The molecule has 0 heterocycles. The van der Waals surface area contributed by atoms with Gasteiger partial charge in [0.25, 0.3) is 0 Å². The van der Waals surface area contributed by atoms with Crippen molar-refractivity contribution in [1.82, 2.24) is 4.90 Å². The zero-order valence-electron chi connectivity index (χ0n) is 13.8. The van der Waals surface area contributed by atoms with Crippen molar-refractivity contribution in [2.45, 2.75) is 90.9 Å². The normalized spacial score (nSPS) is 15.7. The number of carbonyl (C=O) groups excluding carboxylic acids is 1. The molecule has 1 fully saturated rings. The average molecular weight is 281 g/mol. The topological polar surface area (TPSA) is 20.3 Å². The van der Waals surface area contributed by atoms with Gasteiger partial charge in [0.2, 0.25) is 5.91 Å². The molecule has 20 heavy (non-hydrogen) atoms. The van der Waals surface area contributed by atoms with E-state index < -0.39 is 0 Å². The molecule has 1 aliphatic carbocycles. The van der Waals surface area contributed by atoms with Gasteiger partial charge in [-0.3, -0.25) is 4.79 Å². The Morgan fingerprint density at radius 3 is 1.80 bits per heavy atom. The monoisotopic (exact) mass is 281 g/mol. The summed E-state index contributed by atoms with van der Waals surface area (Å²) in [6, 6.07) is 0. The minimum Gasteiger partial charge on any atom is -0.342 e. The van der Waals surface area contributed by atoms with E-state index in [4.69, 9.17) is 0 Å². The predicted molar refractivity (Wildman–Crippen MR) is 86.8 cm³/mol. The molecule has 1 saturated carbocycles. The van der Waals surface area contributed by atoms with Crippen molar-refractivity contribution in [3.8, 4) is 0 Å². The third kappa shape index (κ3) is 6.76. The maximum Gasteiger partial charge on any atom is 0.225 e. The van der Waals surface area contributed by atoms with Crippen molar-refractivity contribution < 1.29 is 4.79 Å². The summed E-state index contributed by atoms with van der Waals surface area (Å²) in [4.78, 5) is 14.8. The zero-order valence-corrected chi connectivity index (χ0v) is 13.8. The van der Waals surface area contributed by atoms with Gasteiger partial charge < -0.3 is 4.90 Å². The van der Waals surface area contributed by atoms with Gasteiger partial charge in [-0.05, 0) is 25.7 Å². The molecule has 0 unspecified atom stereocenters. The molecule has 0 spiro atoms. The third-order valence-electron chi connectivity index (χ3n) is 4.58. The largest absolute Gasteiger partial charge is 0.342 e. The van der Waals surface area contributed by atoms with Gasteiger partial charge in [0.1, 0.15) is 0 Å². The molecule has 0 saturated heterocycles. The highest BCUT2D eigenvalue weighted by Gasteiger charge is 2.26. The summed E-state index contributed by atoms with van der Waals surface area (Å²) in [5, 5.41) is 0. The minimum absolute atomic E-state index is 0.354. The minimum atomic E-state index is 0.354. The highest BCUT2D eigenvalue weighted by atomic mass is 16.2. The molecule has 0 bridgehead atoms. The SMILES string of the molecule is CCCCCCN(CCCCCC)C(=O)C1CCCC1. The molecule has 118 valence electrons. The van der Waals surface area contributed by atoms with Crippen molar-refractivity contribution in [3.05, 3.63) is 0 Å². The van der Waals surface area contributed by atoms with Gasteiger partial charge in [-0.2, -0.15) is 0 Å². The van der Waals surface area contributed by atoms with Crippen LogP contribution in [0.5, 0.6) is 0 Å². The van der Waals surface area contributed by atoms with E-state index in [2.05, 4.69) is 18.7 Å². The van der Waals surface area contributed by atoms with E-state index in [0.717, 1.165) is 25.9 Å². The van der Waals surface area contributed by atoms with Crippen LogP contribution in [0.3, 0.4) is 0 Å². The van der Waals surface area contributed by atoms with Crippen LogP contribution < -0.4 is 0 Å². The summed E-state index contributed by atoms with van der Waals surface area (Å²) >= 11 is 0. The van der Waals surface area contributed by atoms with Crippen molar-refractivity contribution in [1.29, 1.82) is 0 Å². The molecule has 2 nitrogen and oxygen atoms in total. The molecular formula is C18H35NO. The fourth-order valence-corrected chi connectivity index (χ4v) is 3.22. The maximum atomic E-state index is 12.6. The van der Waals surface area contributed by atoms with E-state index in [1.165, 1.54) is 64.2 Å². The molecule has 0 aromatic carbocycles. The van der Waals surface area contributed by atoms with E-state index >= 15 is 0 Å². The van der Waals surface area contributed by atoms with E-state index in [9.17, 15) is 4.79 Å². The summed E-state index contributed by atoms with van der Waals surface area (Å²) in [5.41, 5.74) is 0. The van der Waals surface area contributed by atoms with Crippen LogP contribution in [0.1, 0.15) is 90.9 Å². The lowest BCUT2D eigenvalue weighted by Gasteiger charge is -2.26. The van der Waals surface area contributed by atoms with Crippen molar-refractivity contribution in [2.24, 2.45) is 5.92 Å². The first-order chi connectivity index (χ1) is 9.79. The molecule has 0 N–H and O–H groups in total. The van der Waals surface area contributed by atoms with Crippen LogP contribution in [0.25, 0.3) is 0 Å². The standard InChI is InChI=1S/C18H35NO/c1-3-5-7-11-15-19(16-12-8-6-4-2)18(20)17-13-9-10-14-17/h17H,3-16H2,1-2H3. The first-order valence-corrected chi connectivity index (χ1v) is 9.08. The molecule has 2 heteroatoms. The van der Waals surface area contributed by atoms with Crippen LogP contribution in [-0.4, -0.2) is 23.9 Å². The number of nitrogens with zero attached hydrogens (tertiary/aromatic N) is 1. The van der Waals surface area contributed by atoms with Gasteiger partial charge >= 0.3 is 0 Å². The number of unbranched alkanes of at least 4 members (excludes halogenated alkanes) is 6. The summed E-state index contributed by atoms with van der Waals surface area (Å²) in [6.07, 6.45) is 14.9. The number of carbonyl (C=O) groups is 1. The van der Waals surface area contributed by atoms with E-state index in [1.54, 1.807) is 0 Å². The van der Waals surface area contributed by atoms with Gasteiger partial charge in [0, 0.05) is 19.0 Å². The van der Waals surface area contributed by atoms with Crippen LogP contribution in [0.4, 0.5) is 0 Å². The number of amides is 1. The molecule has 0 atom stereocenters. The summed E-state index contributed by atoms with van der Waals surface area (Å²) in [5.74, 6) is 0.822. The van der Waals surface area contributed by atoms with Gasteiger partial charge in [-0.1, -0.05) is 65.2 Å².